The number of halogens is 2. The Kier molecular flexibility index (Phi) is 8.40. The van der Waals surface area contributed by atoms with Gasteiger partial charge in [-0.05, 0) is 36.5 Å². The van der Waals surface area contributed by atoms with Crippen molar-refractivity contribution in [1.29, 1.82) is 0 Å². The molecule has 25 heavy (non-hydrogen) atoms. The third-order valence-corrected chi connectivity index (χ3v) is 6.01. The van der Waals surface area contributed by atoms with E-state index in [0.29, 0.717) is 21.7 Å². The molecule has 7 heteroatoms. The zero-order chi connectivity index (χ0) is 18.2. The smallest absolute Gasteiger partial charge is 0.316 e. The minimum Gasteiger partial charge on any atom is -0.455 e. The number of hydrogen-bond acceptors (Lipinski definition) is 4. The maximum absolute atomic E-state index is 11.9. The van der Waals surface area contributed by atoms with Crippen LogP contribution >= 0.6 is 35.0 Å². The zero-order valence-electron chi connectivity index (χ0n) is 14.2. The summed E-state index contributed by atoms with van der Waals surface area (Å²) in [4.78, 5) is 23.6. The van der Waals surface area contributed by atoms with Gasteiger partial charge >= 0.3 is 5.97 Å². The molecule has 0 aliphatic heterocycles. The molecule has 1 aliphatic carbocycles. The van der Waals surface area contributed by atoms with Crippen molar-refractivity contribution in [3.63, 3.8) is 0 Å². The van der Waals surface area contributed by atoms with Crippen molar-refractivity contribution >= 4 is 46.8 Å². The van der Waals surface area contributed by atoms with Gasteiger partial charge in [-0.2, -0.15) is 0 Å². The lowest BCUT2D eigenvalue weighted by molar-refractivity contribution is -0.146. The predicted octanol–water partition coefficient (Wildman–Crippen LogP) is 4.46. The van der Waals surface area contributed by atoms with E-state index in [-0.39, 0.29) is 24.3 Å². The van der Waals surface area contributed by atoms with Crippen LogP contribution in [0.2, 0.25) is 10.0 Å². The Bertz CT molecular complexity index is 612. The van der Waals surface area contributed by atoms with Crippen LogP contribution in [0.4, 0.5) is 0 Å². The van der Waals surface area contributed by atoms with Crippen LogP contribution in [0.25, 0.3) is 0 Å². The fraction of sp³-hybridized carbons (Fsp3) is 0.556. The van der Waals surface area contributed by atoms with E-state index >= 15 is 0 Å². The minimum absolute atomic E-state index is 0.188. The molecule has 1 N–H and O–H groups in total. The summed E-state index contributed by atoms with van der Waals surface area (Å²) in [5, 5.41) is 3.97. The Balaban J connectivity index is 1.63. The number of esters is 1. The molecule has 1 aromatic rings. The summed E-state index contributed by atoms with van der Waals surface area (Å²) in [5.74, 6) is 0.680. The van der Waals surface area contributed by atoms with Crippen molar-refractivity contribution in [1.82, 2.24) is 5.32 Å². The number of benzene rings is 1. The first kappa shape index (κ1) is 20.4. The first-order valence-electron chi connectivity index (χ1n) is 8.42. The van der Waals surface area contributed by atoms with Crippen LogP contribution in [0.1, 0.15) is 38.2 Å². The maximum Gasteiger partial charge on any atom is 0.316 e. The first-order chi connectivity index (χ1) is 12.0. The number of thioether (sulfide) groups is 1. The van der Waals surface area contributed by atoms with E-state index in [1.807, 2.05) is 6.07 Å². The molecular weight excluding hydrogens is 381 g/mol. The molecule has 1 fully saturated rings. The number of nitrogens with one attached hydrogen (secondary N) is 1. The number of ether oxygens (including phenoxy) is 1. The lowest BCUT2D eigenvalue weighted by atomic mass is 9.86. The van der Waals surface area contributed by atoms with Crippen LogP contribution in [0.5, 0.6) is 0 Å². The zero-order valence-corrected chi connectivity index (χ0v) is 16.6. The highest BCUT2D eigenvalue weighted by molar-refractivity contribution is 7.99. The minimum atomic E-state index is -0.392. The Morgan fingerprint density at radius 2 is 2.00 bits per heavy atom. The molecule has 2 rings (SSSR count). The van der Waals surface area contributed by atoms with Crippen molar-refractivity contribution in [3.05, 3.63) is 33.8 Å². The molecule has 0 radical (unpaired) electrons. The fourth-order valence-electron chi connectivity index (χ4n) is 2.85. The third-order valence-electron chi connectivity index (χ3n) is 4.29. The second kappa shape index (κ2) is 10.3. The van der Waals surface area contributed by atoms with Crippen LogP contribution in [0.15, 0.2) is 18.2 Å². The van der Waals surface area contributed by atoms with Gasteiger partial charge in [0.2, 0.25) is 0 Å². The molecule has 0 unspecified atom stereocenters. The summed E-state index contributed by atoms with van der Waals surface area (Å²) in [6, 6.07) is 5.57. The van der Waals surface area contributed by atoms with E-state index < -0.39 is 5.97 Å². The average Bonchev–Trinajstić information content (AvgIpc) is 2.58. The van der Waals surface area contributed by atoms with Gasteiger partial charge in [0.15, 0.2) is 6.61 Å². The second-order valence-electron chi connectivity index (χ2n) is 6.34. The molecule has 0 bridgehead atoms. The molecule has 0 heterocycles. The maximum atomic E-state index is 11.9. The Morgan fingerprint density at radius 3 is 2.72 bits per heavy atom. The standard InChI is InChI=1S/C18H23Cl2NO3S/c1-12-4-2-3-5-16(12)21-17(22)9-24-18(23)11-25-10-13-6-7-14(19)15(20)8-13/h6-8,12,16H,2-5,9-11H2,1H3,(H,21,22)/t12-,16-/m0/s1. The summed E-state index contributed by atoms with van der Waals surface area (Å²) in [7, 11) is 0. The number of carbonyl (C=O) groups is 2. The van der Waals surface area contributed by atoms with E-state index in [4.69, 9.17) is 27.9 Å². The Morgan fingerprint density at radius 1 is 1.24 bits per heavy atom. The average molecular weight is 404 g/mol. The Labute approximate surface area is 163 Å². The summed E-state index contributed by atoms with van der Waals surface area (Å²) >= 11 is 13.2. The highest BCUT2D eigenvalue weighted by atomic mass is 35.5. The lowest BCUT2D eigenvalue weighted by Gasteiger charge is -2.29. The molecular formula is C18H23Cl2NO3S. The van der Waals surface area contributed by atoms with Crippen molar-refractivity contribution in [2.45, 2.75) is 44.4 Å². The molecule has 0 spiro atoms. The van der Waals surface area contributed by atoms with Crippen LogP contribution in [-0.4, -0.2) is 30.3 Å². The lowest BCUT2D eigenvalue weighted by Crippen LogP contribution is -2.43. The van der Waals surface area contributed by atoms with Crippen LogP contribution in [0.3, 0.4) is 0 Å². The van der Waals surface area contributed by atoms with Gasteiger partial charge in [0.05, 0.1) is 15.8 Å². The SMILES string of the molecule is C[C@H]1CCCC[C@@H]1NC(=O)COC(=O)CSCc1ccc(Cl)c(Cl)c1. The van der Waals surface area contributed by atoms with E-state index in [1.165, 1.54) is 18.2 Å². The van der Waals surface area contributed by atoms with Gasteiger partial charge in [0, 0.05) is 11.8 Å². The van der Waals surface area contributed by atoms with Crippen molar-refractivity contribution < 1.29 is 14.3 Å². The van der Waals surface area contributed by atoms with Gasteiger partial charge in [-0.15, -0.1) is 11.8 Å². The second-order valence-corrected chi connectivity index (χ2v) is 8.14. The van der Waals surface area contributed by atoms with Crippen LogP contribution in [0, 0.1) is 5.92 Å². The molecule has 1 aliphatic rings. The van der Waals surface area contributed by atoms with Crippen molar-refractivity contribution in [2.75, 3.05) is 12.4 Å². The van der Waals surface area contributed by atoms with E-state index in [9.17, 15) is 9.59 Å². The van der Waals surface area contributed by atoms with Gasteiger partial charge in [-0.3, -0.25) is 9.59 Å². The Hall–Kier alpha value is -0.910. The highest BCUT2D eigenvalue weighted by Gasteiger charge is 2.23. The van der Waals surface area contributed by atoms with E-state index in [2.05, 4.69) is 12.2 Å². The normalized spacial score (nSPS) is 20.1. The summed E-state index contributed by atoms with van der Waals surface area (Å²) in [6.07, 6.45) is 4.50. The summed E-state index contributed by atoms with van der Waals surface area (Å²) < 4.78 is 5.04. The van der Waals surface area contributed by atoms with Crippen LogP contribution < -0.4 is 5.32 Å². The van der Waals surface area contributed by atoms with Gasteiger partial charge in [0.1, 0.15) is 0 Å². The fourth-order valence-corrected chi connectivity index (χ4v) is 3.94. The quantitative estimate of drug-likeness (QED) is 0.682. The molecule has 1 amide bonds. The number of carbonyl (C=O) groups excluding carboxylic acids is 2. The molecule has 4 nitrogen and oxygen atoms in total. The molecule has 1 saturated carbocycles. The van der Waals surface area contributed by atoms with Gasteiger partial charge in [-0.1, -0.05) is 49.0 Å². The van der Waals surface area contributed by atoms with Gasteiger partial charge < -0.3 is 10.1 Å². The van der Waals surface area contributed by atoms with E-state index in [0.717, 1.165) is 24.8 Å². The first-order valence-corrected chi connectivity index (χ1v) is 10.3. The monoisotopic (exact) mass is 403 g/mol. The summed E-state index contributed by atoms with van der Waals surface area (Å²) in [5.41, 5.74) is 0.983. The molecule has 1 aromatic carbocycles. The molecule has 0 saturated heterocycles. The van der Waals surface area contributed by atoms with Crippen molar-refractivity contribution in [2.24, 2.45) is 5.92 Å². The number of amides is 1. The van der Waals surface area contributed by atoms with Crippen LogP contribution in [-0.2, 0) is 20.1 Å². The van der Waals surface area contributed by atoms with Crippen molar-refractivity contribution in [3.8, 4) is 0 Å². The molecule has 0 aromatic heterocycles. The van der Waals surface area contributed by atoms with Gasteiger partial charge in [-0.25, -0.2) is 0 Å². The molecule has 2 atom stereocenters. The molecule has 138 valence electrons. The largest absolute Gasteiger partial charge is 0.455 e. The summed E-state index contributed by atoms with van der Waals surface area (Å²) in [6.45, 7) is 1.94. The third kappa shape index (κ3) is 7.08. The topological polar surface area (TPSA) is 55.4 Å². The highest BCUT2D eigenvalue weighted by Crippen LogP contribution is 2.25. The van der Waals surface area contributed by atoms with E-state index in [1.54, 1.807) is 12.1 Å². The van der Waals surface area contributed by atoms with Gasteiger partial charge in [0.25, 0.3) is 5.91 Å². The number of rotatable bonds is 7. The predicted molar refractivity (Wildman–Crippen MR) is 103 cm³/mol. The number of hydrogen-bond donors (Lipinski definition) is 1.